The van der Waals surface area contributed by atoms with Gasteiger partial charge in [-0.3, -0.25) is 9.69 Å². The van der Waals surface area contributed by atoms with Crippen LogP contribution >= 0.6 is 0 Å². The summed E-state index contributed by atoms with van der Waals surface area (Å²) in [7, 11) is 1.56. The first-order valence-corrected chi connectivity index (χ1v) is 9.05. The molecule has 1 unspecified atom stereocenters. The number of likely N-dealkylation sites (N-methyl/N-ethyl adjacent to an activating group) is 1. The van der Waals surface area contributed by atoms with Crippen LogP contribution in [0.4, 0.5) is 5.69 Å². The minimum atomic E-state index is -0.691. The number of rotatable bonds is 10. The van der Waals surface area contributed by atoms with E-state index in [9.17, 15) is 9.90 Å². The highest BCUT2D eigenvalue weighted by Gasteiger charge is 2.16. The standard InChI is InChI=1S/C21H28N2O4/c1-4-23(13-17(24)15-27-19-11-7-5-9-16(19)2)14-21(25)22-18-10-6-8-12-20(18)26-3/h5-12,17,24H,4,13-15H2,1-3H3,(H,22,25). The Kier molecular flexibility index (Phi) is 8.10. The van der Waals surface area contributed by atoms with Gasteiger partial charge < -0.3 is 19.9 Å². The number of nitrogens with one attached hydrogen (secondary N) is 1. The van der Waals surface area contributed by atoms with Crippen LogP contribution in [0.5, 0.6) is 11.5 Å². The number of hydrogen-bond donors (Lipinski definition) is 2. The Morgan fingerprint density at radius 3 is 2.48 bits per heavy atom. The molecule has 2 aromatic rings. The van der Waals surface area contributed by atoms with E-state index in [-0.39, 0.29) is 19.1 Å². The molecular formula is C21H28N2O4. The van der Waals surface area contributed by atoms with Gasteiger partial charge in [-0.2, -0.15) is 0 Å². The van der Waals surface area contributed by atoms with Crippen molar-refractivity contribution in [1.82, 2.24) is 4.90 Å². The van der Waals surface area contributed by atoms with E-state index < -0.39 is 6.10 Å². The molecule has 1 amide bonds. The van der Waals surface area contributed by atoms with Crippen molar-refractivity contribution >= 4 is 11.6 Å². The van der Waals surface area contributed by atoms with Crippen LogP contribution in [0.3, 0.4) is 0 Å². The van der Waals surface area contributed by atoms with Gasteiger partial charge in [0, 0.05) is 6.54 Å². The molecule has 1 atom stereocenters. The quantitative estimate of drug-likeness (QED) is 0.671. The van der Waals surface area contributed by atoms with Crippen LogP contribution in [0.1, 0.15) is 12.5 Å². The maximum Gasteiger partial charge on any atom is 0.238 e. The molecule has 146 valence electrons. The highest BCUT2D eigenvalue weighted by molar-refractivity contribution is 5.93. The van der Waals surface area contributed by atoms with E-state index >= 15 is 0 Å². The molecule has 6 heteroatoms. The summed E-state index contributed by atoms with van der Waals surface area (Å²) in [6.45, 7) is 5.25. The van der Waals surface area contributed by atoms with E-state index in [0.717, 1.165) is 11.3 Å². The molecular weight excluding hydrogens is 344 g/mol. The van der Waals surface area contributed by atoms with Crippen molar-refractivity contribution in [2.75, 3.05) is 38.7 Å². The van der Waals surface area contributed by atoms with Crippen LogP contribution in [0, 0.1) is 6.92 Å². The van der Waals surface area contributed by atoms with Crippen LogP contribution in [0.15, 0.2) is 48.5 Å². The Morgan fingerprint density at radius 1 is 1.15 bits per heavy atom. The lowest BCUT2D eigenvalue weighted by molar-refractivity contribution is -0.117. The van der Waals surface area contributed by atoms with Crippen molar-refractivity contribution in [2.24, 2.45) is 0 Å². The number of aryl methyl sites for hydroxylation is 1. The first-order chi connectivity index (χ1) is 13.0. The average Bonchev–Trinajstić information content (AvgIpc) is 2.67. The maximum absolute atomic E-state index is 12.3. The van der Waals surface area contributed by atoms with Crippen molar-refractivity contribution in [3.05, 3.63) is 54.1 Å². The molecule has 0 bridgehead atoms. The monoisotopic (exact) mass is 372 g/mol. The number of ether oxygens (including phenoxy) is 2. The summed E-state index contributed by atoms with van der Waals surface area (Å²) in [6.07, 6.45) is -0.691. The predicted molar refractivity (Wildman–Crippen MR) is 106 cm³/mol. The maximum atomic E-state index is 12.3. The lowest BCUT2D eigenvalue weighted by Gasteiger charge is -2.23. The molecule has 27 heavy (non-hydrogen) atoms. The Morgan fingerprint density at radius 2 is 1.81 bits per heavy atom. The smallest absolute Gasteiger partial charge is 0.238 e. The molecule has 6 nitrogen and oxygen atoms in total. The molecule has 0 fully saturated rings. The van der Waals surface area contributed by atoms with Gasteiger partial charge in [0.05, 0.1) is 19.3 Å². The lowest BCUT2D eigenvalue weighted by Crippen LogP contribution is -2.40. The van der Waals surface area contributed by atoms with Gasteiger partial charge in [-0.25, -0.2) is 0 Å². The second kappa shape index (κ2) is 10.5. The summed E-state index contributed by atoms with van der Waals surface area (Å²) >= 11 is 0. The number of amides is 1. The van der Waals surface area contributed by atoms with Crippen LogP contribution in [0.25, 0.3) is 0 Å². The number of hydrogen-bond acceptors (Lipinski definition) is 5. The fourth-order valence-corrected chi connectivity index (χ4v) is 2.70. The first-order valence-electron chi connectivity index (χ1n) is 9.05. The predicted octanol–water partition coefficient (Wildman–Crippen LogP) is 2.70. The van der Waals surface area contributed by atoms with Gasteiger partial charge in [0.15, 0.2) is 0 Å². The third kappa shape index (κ3) is 6.58. The number of methoxy groups -OCH3 is 1. The zero-order valence-electron chi connectivity index (χ0n) is 16.1. The van der Waals surface area contributed by atoms with Gasteiger partial charge in [-0.1, -0.05) is 37.3 Å². The second-order valence-electron chi connectivity index (χ2n) is 6.31. The molecule has 2 aromatic carbocycles. The molecule has 0 aliphatic rings. The number of anilines is 1. The fraction of sp³-hybridized carbons (Fsp3) is 0.381. The third-order valence-corrected chi connectivity index (χ3v) is 4.19. The molecule has 0 heterocycles. The highest BCUT2D eigenvalue weighted by atomic mass is 16.5. The SMILES string of the molecule is CCN(CC(=O)Nc1ccccc1OC)CC(O)COc1ccccc1C. The number of nitrogens with zero attached hydrogens (tertiary/aromatic N) is 1. The molecule has 0 radical (unpaired) electrons. The molecule has 2 rings (SSSR count). The summed E-state index contributed by atoms with van der Waals surface area (Å²) in [5, 5.41) is 13.1. The van der Waals surface area contributed by atoms with Gasteiger partial charge in [0.2, 0.25) is 5.91 Å². The van der Waals surface area contributed by atoms with E-state index in [1.54, 1.807) is 19.2 Å². The third-order valence-electron chi connectivity index (χ3n) is 4.19. The van der Waals surface area contributed by atoms with E-state index in [1.807, 2.05) is 55.1 Å². The van der Waals surface area contributed by atoms with E-state index in [4.69, 9.17) is 9.47 Å². The van der Waals surface area contributed by atoms with Crippen LogP contribution in [0.2, 0.25) is 0 Å². The highest BCUT2D eigenvalue weighted by Crippen LogP contribution is 2.22. The molecule has 0 aromatic heterocycles. The van der Waals surface area contributed by atoms with Gasteiger partial charge in [0.1, 0.15) is 24.2 Å². The van der Waals surface area contributed by atoms with E-state index in [0.29, 0.717) is 24.5 Å². The zero-order valence-corrected chi connectivity index (χ0v) is 16.1. The fourth-order valence-electron chi connectivity index (χ4n) is 2.70. The lowest BCUT2D eigenvalue weighted by atomic mass is 10.2. The summed E-state index contributed by atoms with van der Waals surface area (Å²) in [6, 6.07) is 14.9. The van der Waals surface area contributed by atoms with Crippen molar-refractivity contribution in [3.63, 3.8) is 0 Å². The number of carbonyl (C=O) groups excluding carboxylic acids is 1. The zero-order chi connectivity index (χ0) is 19.6. The molecule has 0 aliphatic carbocycles. The summed E-state index contributed by atoms with van der Waals surface area (Å²) < 4.78 is 10.9. The number of benzene rings is 2. The Labute approximate surface area is 160 Å². The average molecular weight is 372 g/mol. The number of aliphatic hydroxyl groups is 1. The summed E-state index contributed by atoms with van der Waals surface area (Å²) in [5.41, 5.74) is 1.65. The van der Waals surface area contributed by atoms with Crippen molar-refractivity contribution in [3.8, 4) is 11.5 Å². The normalized spacial score (nSPS) is 11.9. The van der Waals surface area contributed by atoms with Crippen molar-refractivity contribution < 1.29 is 19.4 Å². The van der Waals surface area contributed by atoms with Crippen LogP contribution in [-0.2, 0) is 4.79 Å². The topological polar surface area (TPSA) is 71.0 Å². The Hall–Kier alpha value is -2.57. The van der Waals surface area contributed by atoms with E-state index in [2.05, 4.69) is 5.32 Å². The molecule has 0 saturated carbocycles. The second-order valence-corrected chi connectivity index (χ2v) is 6.31. The summed E-state index contributed by atoms with van der Waals surface area (Å²) in [5.74, 6) is 1.21. The minimum absolute atomic E-state index is 0.159. The molecule has 2 N–H and O–H groups in total. The summed E-state index contributed by atoms with van der Waals surface area (Å²) in [4.78, 5) is 14.2. The molecule has 0 aliphatic heterocycles. The van der Waals surface area contributed by atoms with E-state index in [1.165, 1.54) is 0 Å². The Bertz CT molecular complexity index is 736. The minimum Gasteiger partial charge on any atom is -0.495 e. The number of aliphatic hydroxyl groups excluding tert-OH is 1. The van der Waals surface area contributed by atoms with Crippen LogP contribution in [-0.4, -0.2) is 55.4 Å². The van der Waals surface area contributed by atoms with Gasteiger partial charge in [0.25, 0.3) is 0 Å². The van der Waals surface area contributed by atoms with Crippen molar-refractivity contribution in [1.29, 1.82) is 0 Å². The number of para-hydroxylation sites is 3. The number of carbonyl (C=O) groups is 1. The first kappa shape index (κ1) is 20.7. The van der Waals surface area contributed by atoms with Crippen molar-refractivity contribution in [2.45, 2.75) is 20.0 Å². The van der Waals surface area contributed by atoms with Gasteiger partial charge >= 0.3 is 0 Å². The largest absolute Gasteiger partial charge is 0.495 e. The molecule has 0 spiro atoms. The van der Waals surface area contributed by atoms with Crippen LogP contribution < -0.4 is 14.8 Å². The van der Waals surface area contributed by atoms with Gasteiger partial charge in [-0.15, -0.1) is 0 Å². The van der Waals surface area contributed by atoms with Gasteiger partial charge in [-0.05, 0) is 37.2 Å². The molecule has 0 saturated heterocycles. The Balaban J connectivity index is 1.83.